The monoisotopic (exact) mass is 443 g/mol. The fourth-order valence-electron chi connectivity index (χ4n) is 3.27. The maximum atomic E-state index is 12.4. The normalized spacial score (nSPS) is 11.5. The second kappa shape index (κ2) is 10.3. The second-order valence-corrected chi connectivity index (χ2v) is 7.56. The van der Waals surface area contributed by atoms with Crippen LogP contribution in [0.25, 0.3) is 10.8 Å². The van der Waals surface area contributed by atoms with Crippen LogP contribution in [0, 0.1) is 0 Å². The van der Waals surface area contributed by atoms with Gasteiger partial charge in [-0.1, -0.05) is 48.5 Å². The van der Waals surface area contributed by atoms with Crippen LogP contribution in [0.15, 0.2) is 66.7 Å². The zero-order chi connectivity index (χ0) is 23.1. The van der Waals surface area contributed by atoms with E-state index in [-0.39, 0.29) is 11.5 Å². The minimum Gasteiger partial charge on any atom is -0.343 e. The Labute approximate surface area is 184 Å². The van der Waals surface area contributed by atoms with Gasteiger partial charge in [0, 0.05) is 36.1 Å². The molecular formula is C24H24F3N3O2. The molecule has 2 N–H and O–H groups in total. The lowest BCUT2D eigenvalue weighted by atomic mass is 10.1. The quantitative estimate of drug-likeness (QED) is 0.535. The Morgan fingerprint density at radius 1 is 0.938 bits per heavy atom. The van der Waals surface area contributed by atoms with Gasteiger partial charge in [-0.25, -0.2) is 0 Å². The highest BCUT2D eigenvalue weighted by atomic mass is 19.4. The van der Waals surface area contributed by atoms with E-state index in [0.717, 1.165) is 22.0 Å². The first-order valence-electron chi connectivity index (χ1n) is 10.1. The zero-order valence-electron chi connectivity index (χ0n) is 17.6. The summed E-state index contributed by atoms with van der Waals surface area (Å²) in [6, 6.07) is 19.9. The van der Waals surface area contributed by atoms with Gasteiger partial charge in [0.1, 0.15) is 6.54 Å². The molecule has 0 heterocycles. The van der Waals surface area contributed by atoms with Crippen molar-refractivity contribution in [1.29, 1.82) is 0 Å². The summed E-state index contributed by atoms with van der Waals surface area (Å²) in [7, 11) is 1.87. The number of carbonyl (C=O) groups excluding carboxylic acids is 2. The highest BCUT2D eigenvalue weighted by Gasteiger charge is 2.27. The van der Waals surface area contributed by atoms with E-state index in [4.69, 9.17) is 0 Å². The average molecular weight is 443 g/mol. The van der Waals surface area contributed by atoms with Crippen LogP contribution in [0.2, 0.25) is 0 Å². The summed E-state index contributed by atoms with van der Waals surface area (Å²) >= 11 is 0. The smallest absolute Gasteiger partial charge is 0.343 e. The SMILES string of the molecule is CN(CCC(=O)Nc1cccc2ccccc12)Cc1ccc(C(=O)NCC(F)(F)F)cc1. The van der Waals surface area contributed by atoms with Crippen LogP contribution in [0.1, 0.15) is 22.3 Å². The minimum atomic E-state index is -4.45. The summed E-state index contributed by atoms with van der Waals surface area (Å²) in [6.07, 6.45) is -4.14. The number of hydrogen-bond acceptors (Lipinski definition) is 3. The summed E-state index contributed by atoms with van der Waals surface area (Å²) in [4.78, 5) is 26.1. The standard InChI is InChI=1S/C24H24F3N3O2/c1-30(15-17-9-11-19(12-10-17)23(32)28-16-24(25,26)27)14-13-22(31)29-21-8-4-6-18-5-2-3-7-20(18)21/h2-12H,13-16H2,1H3,(H,28,32)(H,29,31). The topological polar surface area (TPSA) is 61.4 Å². The van der Waals surface area contributed by atoms with Crippen molar-refractivity contribution in [2.75, 3.05) is 25.5 Å². The van der Waals surface area contributed by atoms with Gasteiger partial charge in [0.15, 0.2) is 0 Å². The first-order valence-corrected chi connectivity index (χ1v) is 10.1. The predicted molar refractivity (Wildman–Crippen MR) is 118 cm³/mol. The second-order valence-electron chi connectivity index (χ2n) is 7.56. The van der Waals surface area contributed by atoms with E-state index >= 15 is 0 Å². The molecule has 8 heteroatoms. The Bertz CT molecular complexity index is 1080. The molecule has 0 saturated heterocycles. The number of nitrogens with one attached hydrogen (secondary N) is 2. The Kier molecular flexibility index (Phi) is 7.48. The molecule has 0 bridgehead atoms. The maximum Gasteiger partial charge on any atom is 0.405 e. The fourth-order valence-corrected chi connectivity index (χ4v) is 3.27. The number of rotatable bonds is 8. The summed E-state index contributed by atoms with van der Waals surface area (Å²) in [5, 5.41) is 6.84. The molecule has 0 radical (unpaired) electrons. The minimum absolute atomic E-state index is 0.0927. The van der Waals surface area contributed by atoms with E-state index < -0.39 is 18.6 Å². The Morgan fingerprint density at radius 3 is 2.34 bits per heavy atom. The van der Waals surface area contributed by atoms with Crippen molar-refractivity contribution in [3.05, 3.63) is 77.9 Å². The number of carbonyl (C=O) groups is 2. The summed E-state index contributed by atoms with van der Waals surface area (Å²) in [6.45, 7) is -0.312. The van der Waals surface area contributed by atoms with Crippen molar-refractivity contribution in [3.8, 4) is 0 Å². The van der Waals surface area contributed by atoms with Crippen molar-refractivity contribution < 1.29 is 22.8 Å². The summed E-state index contributed by atoms with van der Waals surface area (Å²) in [5.41, 5.74) is 1.82. The fraction of sp³-hybridized carbons (Fsp3) is 0.250. The number of benzene rings is 3. The predicted octanol–water partition coefficient (Wildman–Crippen LogP) is 4.59. The molecule has 0 fully saturated rings. The van der Waals surface area contributed by atoms with Crippen LogP contribution in [0.4, 0.5) is 18.9 Å². The van der Waals surface area contributed by atoms with Crippen molar-refractivity contribution in [1.82, 2.24) is 10.2 Å². The third-order valence-corrected chi connectivity index (χ3v) is 4.90. The van der Waals surface area contributed by atoms with Crippen LogP contribution in [0.5, 0.6) is 0 Å². The summed E-state index contributed by atoms with van der Waals surface area (Å²) in [5.74, 6) is -0.864. The van der Waals surface area contributed by atoms with Crippen molar-refractivity contribution in [2.24, 2.45) is 0 Å². The van der Waals surface area contributed by atoms with Crippen LogP contribution in [0.3, 0.4) is 0 Å². The number of nitrogens with zero attached hydrogens (tertiary/aromatic N) is 1. The first-order chi connectivity index (χ1) is 15.2. The van der Waals surface area contributed by atoms with E-state index in [1.807, 2.05) is 59.7 Å². The van der Waals surface area contributed by atoms with Crippen LogP contribution in [-0.4, -0.2) is 43.0 Å². The van der Waals surface area contributed by atoms with Gasteiger partial charge in [-0.3, -0.25) is 9.59 Å². The van der Waals surface area contributed by atoms with Gasteiger partial charge in [-0.05, 0) is 36.2 Å². The molecule has 168 valence electrons. The van der Waals surface area contributed by atoms with Gasteiger partial charge >= 0.3 is 6.18 Å². The van der Waals surface area contributed by atoms with Crippen LogP contribution in [-0.2, 0) is 11.3 Å². The van der Waals surface area contributed by atoms with Crippen molar-refractivity contribution >= 4 is 28.3 Å². The van der Waals surface area contributed by atoms with Gasteiger partial charge in [0.05, 0.1) is 0 Å². The van der Waals surface area contributed by atoms with Crippen LogP contribution >= 0.6 is 0 Å². The third kappa shape index (κ3) is 6.81. The summed E-state index contributed by atoms with van der Waals surface area (Å²) < 4.78 is 36.6. The molecule has 3 rings (SSSR count). The van der Waals surface area contributed by atoms with Gasteiger partial charge in [0.2, 0.25) is 5.91 Å². The van der Waals surface area contributed by atoms with Crippen molar-refractivity contribution in [3.63, 3.8) is 0 Å². The number of halogens is 3. The third-order valence-electron chi connectivity index (χ3n) is 4.90. The molecule has 0 atom stereocenters. The number of anilines is 1. The molecule has 0 aliphatic heterocycles. The van der Waals surface area contributed by atoms with Gasteiger partial charge < -0.3 is 15.5 Å². The van der Waals surface area contributed by atoms with Gasteiger partial charge in [-0.15, -0.1) is 0 Å². The molecule has 32 heavy (non-hydrogen) atoms. The van der Waals surface area contributed by atoms with E-state index in [2.05, 4.69) is 5.32 Å². The average Bonchev–Trinajstić information content (AvgIpc) is 2.76. The molecule has 3 aromatic rings. The highest BCUT2D eigenvalue weighted by molar-refractivity contribution is 6.02. The Hall–Kier alpha value is -3.39. The molecular weight excluding hydrogens is 419 g/mol. The molecule has 3 aromatic carbocycles. The first kappa shape index (κ1) is 23.3. The molecule has 0 spiro atoms. The molecule has 0 unspecified atom stereocenters. The highest BCUT2D eigenvalue weighted by Crippen LogP contribution is 2.23. The lowest BCUT2D eigenvalue weighted by molar-refractivity contribution is -0.123. The van der Waals surface area contributed by atoms with Gasteiger partial charge in [0.25, 0.3) is 5.91 Å². The van der Waals surface area contributed by atoms with Crippen molar-refractivity contribution in [2.45, 2.75) is 19.1 Å². The van der Waals surface area contributed by atoms with Crippen LogP contribution < -0.4 is 10.6 Å². The number of hydrogen-bond donors (Lipinski definition) is 2. The van der Waals surface area contributed by atoms with E-state index in [1.54, 1.807) is 12.1 Å². The van der Waals surface area contributed by atoms with E-state index in [0.29, 0.717) is 19.5 Å². The zero-order valence-corrected chi connectivity index (χ0v) is 17.6. The Morgan fingerprint density at radius 2 is 1.62 bits per heavy atom. The number of amides is 2. The molecule has 5 nitrogen and oxygen atoms in total. The van der Waals surface area contributed by atoms with E-state index in [1.165, 1.54) is 12.1 Å². The number of alkyl halides is 3. The molecule has 0 aromatic heterocycles. The molecule has 0 saturated carbocycles. The number of fused-ring (bicyclic) bond motifs is 1. The lowest BCUT2D eigenvalue weighted by Crippen LogP contribution is -2.33. The molecule has 0 aliphatic rings. The Balaban J connectivity index is 1.47. The maximum absolute atomic E-state index is 12.4. The molecule has 2 amide bonds. The van der Waals surface area contributed by atoms with Gasteiger partial charge in [-0.2, -0.15) is 13.2 Å². The lowest BCUT2D eigenvalue weighted by Gasteiger charge is -2.17. The van der Waals surface area contributed by atoms with E-state index in [9.17, 15) is 22.8 Å². The largest absolute Gasteiger partial charge is 0.405 e. The molecule has 0 aliphatic carbocycles.